The summed E-state index contributed by atoms with van der Waals surface area (Å²) in [5, 5.41) is 15.6. The third kappa shape index (κ3) is 6.90. The number of hydrogen-bond acceptors (Lipinski definition) is 5. The van der Waals surface area contributed by atoms with E-state index in [1.54, 1.807) is 0 Å². The van der Waals surface area contributed by atoms with Crippen molar-refractivity contribution < 1.29 is 0 Å². The first-order chi connectivity index (χ1) is 34.7. The summed E-state index contributed by atoms with van der Waals surface area (Å²) in [6.45, 7) is 0. The number of hydrogen-bond donors (Lipinski definition) is 0. The van der Waals surface area contributed by atoms with Gasteiger partial charge in [0.1, 0.15) is 0 Å². The molecular formula is C63H39N7. The zero-order chi connectivity index (χ0) is 46.5. The molecule has 7 nitrogen and oxygen atoms in total. The molecule has 13 rings (SSSR count). The average Bonchev–Trinajstić information content (AvgIpc) is 3.95. The first-order valence-corrected chi connectivity index (χ1v) is 23.3. The van der Waals surface area contributed by atoms with E-state index in [-0.39, 0.29) is 0 Å². The molecule has 0 aliphatic heterocycles. The van der Waals surface area contributed by atoms with Gasteiger partial charge in [-0.3, -0.25) is 0 Å². The quantitative estimate of drug-likeness (QED) is 0.152. The van der Waals surface area contributed by atoms with E-state index < -0.39 is 0 Å². The van der Waals surface area contributed by atoms with E-state index in [9.17, 15) is 5.26 Å². The minimum absolute atomic E-state index is 0.441. The Kier molecular flexibility index (Phi) is 9.74. The molecule has 4 heterocycles. The Morgan fingerprint density at radius 3 is 1.23 bits per heavy atom. The second-order valence-electron chi connectivity index (χ2n) is 17.3. The SMILES string of the molecule is N#Cc1cc(-c2cc(-c3ccccc3)nc(-c3ccccc3)n2)c(-n2c3ccccc3c3ccc(-n4c5ccccc5c5ccccc54)cc32)c(-c2nc(-c3ccccc3)cc(-c3ccccc3)n2)c1. The summed E-state index contributed by atoms with van der Waals surface area (Å²) in [6, 6.07) is 83.6. The molecule has 0 aliphatic rings. The molecule has 0 saturated carbocycles. The van der Waals surface area contributed by atoms with Crippen LogP contribution < -0.4 is 0 Å². The lowest BCUT2D eigenvalue weighted by molar-refractivity contribution is 1.12. The number of nitriles is 1. The lowest BCUT2D eigenvalue weighted by atomic mass is 9.97. The largest absolute Gasteiger partial charge is 0.309 e. The van der Waals surface area contributed by atoms with Gasteiger partial charge in [0.25, 0.3) is 0 Å². The van der Waals surface area contributed by atoms with Crippen LogP contribution in [0.25, 0.3) is 123 Å². The second kappa shape index (κ2) is 16.8. The standard InChI is InChI=1S/C63H39N7/c64-40-41-35-51(56-39-55(44-23-9-3-10-24-44)65-62(68-56)45-25-11-4-12-26-45)61(52(36-41)63-66-53(42-19-5-1-6-20-42)38-54(67-63)43-21-7-2-8-22-43)70-59-32-18-15-29-49(59)50-34-33-46(37-60(50)70)69-57-30-16-13-27-47(57)48-28-14-17-31-58(48)69/h1-39H. The van der Waals surface area contributed by atoms with Gasteiger partial charge in [0, 0.05) is 60.6 Å². The predicted molar refractivity (Wildman–Crippen MR) is 284 cm³/mol. The van der Waals surface area contributed by atoms with Gasteiger partial charge in [0.05, 0.1) is 62.2 Å². The van der Waals surface area contributed by atoms with Gasteiger partial charge in [-0.15, -0.1) is 0 Å². The van der Waals surface area contributed by atoms with Crippen LogP contribution in [0.2, 0.25) is 0 Å². The Morgan fingerprint density at radius 2 is 0.714 bits per heavy atom. The second-order valence-corrected chi connectivity index (χ2v) is 17.3. The number of para-hydroxylation sites is 3. The summed E-state index contributed by atoms with van der Waals surface area (Å²) < 4.78 is 4.69. The van der Waals surface area contributed by atoms with Gasteiger partial charge in [-0.1, -0.05) is 182 Å². The highest BCUT2D eigenvalue weighted by Crippen LogP contribution is 2.44. The van der Waals surface area contributed by atoms with Crippen molar-refractivity contribution in [3.05, 3.63) is 242 Å². The topological polar surface area (TPSA) is 85.2 Å². The number of nitrogens with zero attached hydrogens (tertiary/aromatic N) is 7. The van der Waals surface area contributed by atoms with Crippen molar-refractivity contribution in [2.45, 2.75) is 0 Å². The van der Waals surface area contributed by atoms with Crippen LogP contribution in [0.4, 0.5) is 0 Å². The summed E-state index contributed by atoms with van der Waals surface area (Å²) in [5.74, 6) is 1.04. The predicted octanol–water partition coefficient (Wildman–Crippen LogP) is 15.3. The Labute approximate surface area is 403 Å². The van der Waals surface area contributed by atoms with E-state index in [1.807, 2.05) is 109 Å². The van der Waals surface area contributed by atoms with E-state index in [0.29, 0.717) is 28.5 Å². The monoisotopic (exact) mass is 893 g/mol. The van der Waals surface area contributed by atoms with Crippen molar-refractivity contribution in [1.82, 2.24) is 29.1 Å². The van der Waals surface area contributed by atoms with Gasteiger partial charge in [0.2, 0.25) is 0 Å². The summed E-state index contributed by atoms with van der Waals surface area (Å²) >= 11 is 0. The van der Waals surface area contributed by atoms with Crippen molar-refractivity contribution in [3.63, 3.8) is 0 Å². The van der Waals surface area contributed by atoms with Gasteiger partial charge in [-0.2, -0.15) is 5.26 Å². The van der Waals surface area contributed by atoms with Crippen LogP contribution >= 0.6 is 0 Å². The summed E-state index contributed by atoms with van der Waals surface area (Å²) in [7, 11) is 0. The van der Waals surface area contributed by atoms with E-state index in [2.05, 4.69) is 143 Å². The van der Waals surface area contributed by atoms with Crippen LogP contribution in [0.15, 0.2) is 237 Å². The molecule has 0 bridgehead atoms. The smallest absolute Gasteiger partial charge is 0.162 e. The van der Waals surface area contributed by atoms with Gasteiger partial charge in [-0.05, 0) is 54.6 Å². The molecule has 0 N–H and O–H groups in total. The zero-order valence-electron chi connectivity index (χ0n) is 37.6. The lowest BCUT2D eigenvalue weighted by Crippen LogP contribution is -2.06. The van der Waals surface area contributed by atoms with Crippen molar-refractivity contribution in [3.8, 4) is 85.2 Å². The maximum Gasteiger partial charge on any atom is 0.162 e. The third-order valence-corrected chi connectivity index (χ3v) is 13.2. The first-order valence-electron chi connectivity index (χ1n) is 23.3. The van der Waals surface area contributed by atoms with Crippen LogP contribution in [-0.4, -0.2) is 29.1 Å². The minimum Gasteiger partial charge on any atom is -0.309 e. The molecule has 326 valence electrons. The van der Waals surface area contributed by atoms with Crippen molar-refractivity contribution in [2.75, 3.05) is 0 Å². The van der Waals surface area contributed by atoms with Crippen LogP contribution in [0.3, 0.4) is 0 Å². The highest BCUT2D eigenvalue weighted by atomic mass is 15.0. The van der Waals surface area contributed by atoms with Crippen LogP contribution in [-0.2, 0) is 0 Å². The molecule has 0 atom stereocenters. The average molecular weight is 894 g/mol. The Hall–Kier alpha value is -9.77. The Balaban J connectivity index is 1.18. The highest BCUT2D eigenvalue weighted by Gasteiger charge is 2.26. The van der Waals surface area contributed by atoms with Gasteiger partial charge in [0.15, 0.2) is 11.6 Å². The Bertz CT molecular complexity index is 3860. The fraction of sp³-hybridized carbons (Fsp3) is 0. The lowest BCUT2D eigenvalue weighted by Gasteiger charge is -2.20. The Morgan fingerprint density at radius 1 is 0.314 bits per heavy atom. The fourth-order valence-electron chi connectivity index (χ4n) is 9.98. The van der Waals surface area contributed by atoms with Crippen molar-refractivity contribution in [1.29, 1.82) is 5.26 Å². The number of aromatic nitrogens is 6. The van der Waals surface area contributed by atoms with Crippen LogP contribution in [0.5, 0.6) is 0 Å². The molecular weight excluding hydrogens is 855 g/mol. The molecule has 0 saturated heterocycles. The molecule has 4 aromatic heterocycles. The number of rotatable bonds is 8. The highest BCUT2D eigenvalue weighted by molar-refractivity contribution is 6.13. The molecule has 0 unspecified atom stereocenters. The normalized spacial score (nSPS) is 11.4. The van der Waals surface area contributed by atoms with Gasteiger partial charge >= 0.3 is 0 Å². The molecule has 0 amide bonds. The molecule has 70 heavy (non-hydrogen) atoms. The van der Waals surface area contributed by atoms with E-state index in [1.165, 1.54) is 10.8 Å². The number of fused-ring (bicyclic) bond motifs is 6. The van der Waals surface area contributed by atoms with Crippen LogP contribution in [0.1, 0.15) is 5.56 Å². The van der Waals surface area contributed by atoms with Crippen molar-refractivity contribution in [2.24, 2.45) is 0 Å². The van der Waals surface area contributed by atoms with Crippen molar-refractivity contribution >= 4 is 43.6 Å². The maximum absolute atomic E-state index is 11.1. The van der Waals surface area contributed by atoms with E-state index in [0.717, 1.165) is 89.1 Å². The molecule has 0 radical (unpaired) electrons. The molecule has 0 aliphatic carbocycles. The molecule has 7 heteroatoms. The third-order valence-electron chi connectivity index (χ3n) is 13.2. The van der Waals surface area contributed by atoms with Gasteiger partial charge < -0.3 is 9.13 Å². The number of benzene rings is 9. The van der Waals surface area contributed by atoms with Crippen LogP contribution in [0, 0.1) is 11.3 Å². The summed E-state index contributed by atoms with van der Waals surface area (Å²) in [4.78, 5) is 21.5. The zero-order valence-corrected chi connectivity index (χ0v) is 37.6. The first kappa shape index (κ1) is 40.5. The molecule has 0 spiro atoms. The molecule has 9 aromatic carbocycles. The van der Waals surface area contributed by atoms with Gasteiger partial charge in [-0.25, -0.2) is 19.9 Å². The minimum atomic E-state index is 0.441. The molecule has 0 fully saturated rings. The fourth-order valence-corrected chi connectivity index (χ4v) is 9.98. The maximum atomic E-state index is 11.1. The summed E-state index contributed by atoms with van der Waals surface area (Å²) in [5.41, 5.74) is 14.5. The van der Waals surface area contributed by atoms with E-state index >= 15 is 0 Å². The molecule has 13 aromatic rings. The summed E-state index contributed by atoms with van der Waals surface area (Å²) in [6.07, 6.45) is 0. The van der Waals surface area contributed by atoms with E-state index in [4.69, 9.17) is 19.9 Å².